The Hall–Kier alpha value is -3.16. The highest BCUT2D eigenvalue weighted by atomic mass is 19.4. The van der Waals surface area contributed by atoms with Crippen molar-refractivity contribution in [2.45, 2.75) is 13.1 Å². The van der Waals surface area contributed by atoms with E-state index in [4.69, 9.17) is 4.52 Å². The lowest BCUT2D eigenvalue weighted by Crippen LogP contribution is -2.14. The zero-order valence-corrected chi connectivity index (χ0v) is 13.4. The van der Waals surface area contributed by atoms with Crippen LogP contribution in [0.4, 0.5) is 23.2 Å². The monoisotopic (exact) mass is 364 g/mol. The summed E-state index contributed by atoms with van der Waals surface area (Å²) in [5.74, 6) is -0.944. The lowest BCUT2D eigenvalue weighted by Gasteiger charge is -2.10. The molecule has 8 heteroatoms. The summed E-state index contributed by atoms with van der Waals surface area (Å²) in [6.07, 6.45) is -4.52. The minimum Gasteiger partial charge on any atom is -0.360 e. The number of amides is 1. The van der Waals surface area contributed by atoms with Crippen molar-refractivity contribution < 1.29 is 26.9 Å². The molecule has 3 rings (SSSR count). The van der Waals surface area contributed by atoms with Crippen LogP contribution in [0.2, 0.25) is 0 Å². The summed E-state index contributed by atoms with van der Waals surface area (Å²) in [5, 5.41) is 6.20. The van der Waals surface area contributed by atoms with Gasteiger partial charge in [0.1, 0.15) is 22.8 Å². The molecular weight excluding hydrogens is 352 g/mol. The normalized spacial score (nSPS) is 11.4. The molecule has 0 aliphatic carbocycles. The largest absolute Gasteiger partial charge is 0.416 e. The minimum absolute atomic E-state index is 0.0181. The first-order valence-electron chi connectivity index (χ1n) is 7.46. The van der Waals surface area contributed by atoms with Gasteiger partial charge in [0.2, 0.25) is 0 Å². The third-order valence-corrected chi connectivity index (χ3v) is 3.66. The lowest BCUT2D eigenvalue weighted by molar-refractivity contribution is -0.137. The number of hydrogen-bond donors (Lipinski definition) is 1. The fourth-order valence-corrected chi connectivity index (χ4v) is 2.41. The van der Waals surface area contributed by atoms with Crippen molar-refractivity contribution >= 4 is 11.6 Å². The van der Waals surface area contributed by atoms with E-state index in [9.17, 15) is 22.4 Å². The Labute approximate surface area is 145 Å². The van der Waals surface area contributed by atoms with E-state index in [0.29, 0.717) is 5.56 Å². The van der Waals surface area contributed by atoms with Gasteiger partial charge in [-0.05, 0) is 49.4 Å². The second-order valence-electron chi connectivity index (χ2n) is 5.50. The first kappa shape index (κ1) is 17.7. The minimum atomic E-state index is -4.52. The molecule has 1 heterocycles. The number of nitrogens with zero attached hydrogens (tertiary/aromatic N) is 1. The molecule has 0 radical (unpaired) electrons. The van der Waals surface area contributed by atoms with Crippen LogP contribution < -0.4 is 5.32 Å². The molecule has 2 aromatic carbocycles. The summed E-state index contributed by atoms with van der Waals surface area (Å²) in [4.78, 5) is 12.6. The third kappa shape index (κ3) is 3.58. The molecule has 1 N–H and O–H groups in total. The van der Waals surface area contributed by atoms with Gasteiger partial charge < -0.3 is 9.84 Å². The number of alkyl halides is 3. The van der Waals surface area contributed by atoms with E-state index >= 15 is 0 Å². The maximum atomic E-state index is 13.1. The summed E-state index contributed by atoms with van der Waals surface area (Å²) in [7, 11) is 0. The Bertz CT molecular complexity index is 947. The quantitative estimate of drug-likeness (QED) is 0.661. The van der Waals surface area contributed by atoms with Gasteiger partial charge in [0.25, 0.3) is 5.91 Å². The summed E-state index contributed by atoms with van der Waals surface area (Å²) >= 11 is 0. The van der Waals surface area contributed by atoms with E-state index in [1.807, 2.05) is 0 Å². The SMILES string of the molecule is Cc1onc(-c2ccc(F)cc2)c1C(=O)Nc1cccc(C(F)(F)F)c1. The van der Waals surface area contributed by atoms with E-state index in [1.165, 1.54) is 43.3 Å². The topological polar surface area (TPSA) is 55.1 Å². The highest BCUT2D eigenvalue weighted by molar-refractivity contribution is 6.08. The van der Waals surface area contributed by atoms with Crippen LogP contribution in [0.5, 0.6) is 0 Å². The van der Waals surface area contributed by atoms with Crippen LogP contribution in [-0.2, 0) is 6.18 Å². The number of rotatable bonds is 3. The van der Waals surface area contributed by atoms with Crippen LogP contribution in [0.15, 0.2) is 53.1 Å². The van der Waals surface area contributed by atoms with Gasteiger partial charge in [0, 0.05) is 11.3 Å². The molecule has 4 nitrogen and oxygen atoms in total. The summed E-state index contributed by atoms with van der Waals surface area (Å²) in [5.41, 5.74) is -0.218. The lowest BCUT2D eigenvalue weighted by atomic mass is 10.1. The molecule has 134 valence electrons. The fraction of sp³-hybridized carbons (Fsp3) is 0.111. The molecule has 0 atom stereocenters. The standard InChI is InChI=1S/C18H12F4N2O2/c1-10-15(16(24-26-10)11-5-7-13(19)8-6-11)17(25)23-14-4-2-3-12(9-14)18(20,21)22/h2-9H,1H3,(H,23,25). The van der Waals surface area contributed by atoms with Crippen molar-refractivity contribution in [3.8, 4) is 11.3 Å². The van der Waals surface area contributed by atoms with Crippen LogP contribution in [0.25, 0.3) is 11.3 Å². The number of carbonyl (C=O) groups excluding carboxylic acids is 1. The van der Waals surface area contributed by atoms with Crippen LogP contribution in [0.3, 0.4) is 0 Å². The van der Waals surface area contributed by atoms with Crippen LogP contribution in [0.1, 0.15) is 21.7 Å². The van der Waals surface area contributed by atoms with Crippen LogP contribution >= 0.6 is 0 Å². The Morgan fingerprint density at radius 1 is 1.12 bits per heavy atom. The second-order valence-corrected chi connectivity index (χ2v) is 5.50. The fourth-order valence-electron chi connectivity index (χ4n) is 2.41. The molecule has 0 saturated heterocycles. The Kier molecular flexibility index (Phi) is 4.50. The van der Waals surface area contributed by atoms with Crippen LogP contribution in [0, 0.1) is 12.7 Å². The molecule has 26 heavy (non-hydrogen) atoms. The number of halogens is 4. The number of carbonyl (C=O) groups is 1. The molecule has 0 unspecified atom stereocenters. The highest BCUT2D eigenvalue weighted by Crippen LogP contribution is 2.31. The molecule has 1 aromatic heterocycles. The molecule has 0 aliphatic rings. The van der Waals surface area contributed by atoms with Gasteiger partial charge in [0.05, 0.1) is 5.56 Å². The zero-order valence-electron chi connectivity index (χ0n) is 13.4. The molecular formula is C18H12F4N2O2. The van der Waals surface area contributed by atoms with Gasteiger partial charge in [-0.25, -0.2) is 4.39 Å². The van der Waals surface area contributed by atoms with Crippen molar-refractivity contribution in [2.24, 2.45) is 0 Å². The summed E-state index contributed by atoms with van der Waals surface area (Å²) in [6, 6.07) is 9.53. The predicted molar refractivity (Wildman–Crippen MR) is 86.0 cm³/mol. The molecule has 3 aromatic rings. The number of aryl methyl sites for hydroxylation is 1. The number of nitrogens with one attached hydrogen (secondary N) is 1. The molecule has 0 bridgehead atoms. The van der Waals surface area contributed by atoms with Crippen molar-refractivity contribution in [2.75, 3.05) is 5.32 Å². The van der Waals surface area contributed by atoms with Gasteiger partial charge in [0.15, 0.2) is 0 Å². The maximum absolute atomic E-state index is 13.1. The van der Waals surface area contributed by atoms with Crippen molar-refractivity contribution in [1.82, 2.24) is 5.16 Å². The van der Waals surface area contributed by atoms with Gasteiger partial charge in [-0.2, -0.15) is 13.2 Å². The Morgan fingerprint density at radius 3 is 2.46 bits per heavy atom. The van der Waals surface area contributed by atoms with Crippen molar-refractivity contribution in [1.29, 1.82) is 0 Å². The summed E-state index contributed by atoms with van der Waals surface area (Å²) < 4.78 is 56.5. The van der Waals surface area contributed by atoms with Gasteiger partial charge in [-0.15, -0.1) is 0 Å². The van der Waals surface area contributed by atoms with E-state index in [1.54, 1.807) is 0 Å². The second kappa shape index (κ2) is 6.62. The van der Waals surface area contributed by atoms with Gasteiger partial charge in [-0.3, -0.25) is 4.79 Å². The maximum Gasteiger partial charge on any atom is 0.416 e. The molecule has 0 spiro atoms. The average Bonchev–Trinajstić information content (AvgIpc) is 2.97. The van der Waals surface area contributed by atoms with Gasteiger partial charge in [-0.1, -0.05) is 11.2 Å². The van der Waals surface area contributed by atoms with Crippen molar-refractivity contribution in [3.05, 3.63) is 71.2 Å². The van der Waals surface area contributed by atoms with E-state index in [-0.39, 0.29) is 22.7 Å². The molecule has 1 amide bonds. The number of benzene rings is 2. The van der Waals surface area contributed by atoms with Crippen LogP contribution in [-0.4, -0.2) is 11.1 Å². The highest BCUT2D eigenvalue weighted by Gasteiger charge is 2.30. The molecule has 0 fully saturated rings. The average molecular weight is 364 g/mol. The van der Waals surface area contributed by atoms with E-state index < -0.39 is 23.5 Å². The zero-order chi connectivity index (χ0) is 18.9. The Morgan fingerprint density at radius 2 is 1.81 bits per heavy atom. The Balaban J connectivity index is 1.92. The smallest absolute Gasteiger partial charge is 0.360 e. The van der Waals surface area contributed by atoms with E-state index in [0.717, 1.165) is 12.1 Å². The summed E-state index contributed by atoms with van der Waals surface area (Å²) in [6.45, 7) is 1.50. The van der Waals surface area contributed by atoms with Crippen molar-refractivity contribution in [3.63, 3.8) is 0 Å². The number of aromatic nitrogens is 1. The first-order valence-corrected chi connectivity index (χ1v) is 7.46. The number of anilines is 1. The third-order valence-electron chi connectivity index (χ3n) is 3.66. The van der Waals surface area contributed by atoms with Gasteiger partial charge >= 0.3 is 6.18 Å². The number of hydrogen-bond acceptors (Lipinski definition) is 3. The van der Waals surface area contributed by atoms with E-state index in [2.05, 4.69) is 10.5 Å². The predicted octanol–water partition coefficient (Wildman–Crippen LogP) is 5.06. The molecule has 0 saturated carbocycles. The first-order chi connectivity index (χ1) is 12.3. The molecule has 0 aliphatic heterocycles.